The van der Waals surface area contributed by atoms with Gasteiger partial charge in [-0.05, 0) is 20.8 Å². The predicted octanol–water partition coefficient (Wildman–Crippen LogP) is 1.32. The van der Waals surface area contributed by atoms with Gasteiger partial charge in [0.15, 0.2) is 0 Å². The van der Waals surface area contributed by atoms with Gasteiger partial charge in [-0.1, -0.05) is 12.2 Å². The molecule has 1 amide bonds. The summed E-state index contributed by atoms with van der Waals surface area (Å²) < 4.78 is 4.95. The largest absolute Gasteiger partial charge is 0.446 e. The zero-order valence-electron chi connectivity index (χ0n) is 11.3. The van der Waals surface area contributed by atoms with Crippen LogP contribution in [0.3, 0.4) is 0 Å². The van der Waals surface area contributed by atoms with Crippen molar-refractivity contribution in [2.24, 2.45) is 0 Å². The average molecular weight is 257 g/mol. The molecule has 2 N–H and O–H groups in total. The second-order valence-corrected chi connectivity index (χ2v) is 4.96. The van der Waals surface area contributed by atoms with E-state index in [-0.39, 0.29) is 13.2 Å². The van der Waals surface area contributed by atoms with Gasteiger partial charge in [0.05, 0.1) is 12.6 Å². The van der Waals surface area contributed by atoms with E-state index < -0.39 is 23.8 Å². The summed E-state index contributed by atoms with van der Waals surface area (Å²) in [7, 11) is 0. The molecule has 2 atom stereocenters. The standard InChI is InChI=1S/C13H23NO4/c1-6-10(15)8-14(13(3,4)5)12(17)18-9-11(16)7-2/h6-7,10-11,15-16H,1-2,8-9H2,3-5H3. The normalized spacial score (nSPS) is 14.5. The summed E-state index contributed by atoms with van der Waals surface area (Å²) in [6.45, 7) is 12.3. The first-order valence-electron chi connectivity index (χ1n) is 5.78. The van der Waals surface area contributed by atoms with Gasteiger partial charge in [0.1, 0.15) is 12.7 Å². The quantitative estimate of drug-likeness (QED) is 0.704. The van der Waals surface area contributed by atoms with E-state index in [1.165, 1.54) is 17.1 Å². The molecule has 104 valence electrons. The molecule has 0 aromatic heterocycles. The lowest BCUT2D eigenvalue weighted by Gasteiger charge is -2.35. The molecule has 0 aliphatic heterocycles. The van der Waals surface area contributed by atoms with Crippen molar-refractivity contribution >= 4 is 6.09 Å². The van der Waals surface area contributed by atoms with Crippen molar-refractivity contribution in [1.82, 2.24) is 4.90 Å². The number of aliphatic hydroxyl groups is 2. The number of aliphatic hydroxyl groups excluding tert-OH is 2. The zero-order chi connectivity index (χ0) is 14.3. The summed E-state index contributed by atoms with van der Waals surface area (Å²) in [6.07, 6.45) is 0.336. The van der Waals surface area contributed by atoms with Crippen LogP contribution in [0.25, 0.3) is 0 Å². The second-order valence-electron chi connectivity index (χ2n) is 4.96. The first-order valence-corrected chi connectivity index (χ1v) is 5.78. The first kappa shape index (κ1) is 16.7. The fourth-order valence-electron chi connectivity index (χ4n) is 1.19. The Hall–Kier alpha value is -1.33. The van der Waals surface area contributed by atoms with Gasteiger partial charge in [0.2, 0.25) is 0 Å². The highest BCUT2D eigenvalue weighted by Gasteiger charge is 2.29. The van der Waals surface area contributed by atoms with Gasteiger partial charge in [0, 0.05) is 5.54 Å². The van der Waals surface area contributed by atoms with E-state index in [1.807, 2.05) is 20.8 Å². The molecule has 0 saturated heterocycles. The molecule has 0 saturated carbocycles. The van der Waals surface area contributed by atoms with Gasteiger partial charge in [-0.15, -0.1) is 13.2 Å². The van der Waals surface area contributed by atoms with Crippen LogP contribution in [0.5, 0.6) is 0 Å². The van der Waals surface area contributed by atoms with Gasteiger partial charge >= 0.3 is 6.09 Å². The van der Waals surface area contributed by atoms with Crippen molar-refractivity contribution in [3.63, 3.8) is 0 Å². The maximum Gasteiger partial charge on any atom is 0.410 e. The highest BCUT2D eigenvalue weighted by atomic mass is 16.6. The predicted molar refractivity (Wildman–Crippen MR) is 70.2 cm³/mol. The number of β-amino-alcohol motifs (C(OH)–C–C–N with tert-alkyl or cyclic N) is 1. The monoisotopic (exact) mass is 257 g/mol. The molecule has 0 aliphatic carbocycles. The third-order valence-electron chi connectivity index (χ3n) is 2.32. The average Bonchev–Trinajstić information content (AvgIpc) is 2.30. The summed E-state index contributed by atoms with van der Waals surface area (Å²) in [5.74, 6) is 0. The van der Waals surface area contributed by atoms with Gasteiger partial charge in [0.25, 0.3) is 0 Å². The highest BCUT2D eigenvalue weighted by Crippen LogP contribution is 2.15. The van der Waals surface area contributed by atoms with Crippen molar-refractivity contribution in [2.75, 3.05) is 13.2 Å². The SMILES string of the molecule is C=CC(O)COC(=O)N(CC(O)C=C)C(C)(C)C. The molecule has 0 aromatic carbocycles. The van der Waals surface area contributed by atoms with E-state index in [0.29, 0.717) is 0 Å². The lowest BCUT2D eigenvalue weighted by molar-refractivity contribution is 0.0288. The van der Waals surface area contributed by atoms with E-state index in [2.05, 4.69) is 13.2 Å². The molecule has 5 heteroatoms. The fourth-order valence-corrected chi connectivity index (χ4v) is 1.19. The Morgan fingerprint density at radius 3 is 2.17 bits per heavy atom. The molecule has 0 fully saturated rings. The molecule has 0 aromatic rings. The number of hydrogen-bond donors (Lipinski definition) is 2. The lowest BCUT2D eigenvalue weighted by atomic mass is 10.1. The minimum Gasteiger partial charge on any atom is -0.446 e. The number of ether oxygens (including phenoxy) is 1. The van der Waals surface area contributed by atoms with E-state index in [4.69, 9.17) is 4.74 Å². The molecule has 0 rings (SSSR count). The molecule has 0 heterocycles. The topological polar surface area (TPSA) is 70.0 Å². The number of carbonyl (C=O) groups excluding carboxylic acids is 1. The van der Waals surface area contributed by atoms with E-state index >= 15 is 0 Å². The number of rotatable bonds is 6. The summed E-state index contributed by atoms with van der Waals surface area (Å²) in [5.41, 5.74) is -0.500. The van der Waals surface area contributed by atoms with Crippen molar-refractivity contribution in [2.45, 2.75) is 38.5 Å². The number of amides is 1. The molecule has 18 heavy (non-hydrogen) atoms. The van der Waals surface area contributed by atoms with Crippen LogP contribution in [0, 0.1) is 0 Å². The maximum atomic E-state index is 11.9. The van der Waals surface area contributed by atoms with E-state index in [1.54, 1.807) is 0 Å². The van der Waals surface area contributed by atoms with E-state index in [0.717, 1.165) is 0 Å². The molecule has 0 radical (unpaired) electrons. The third-order valence-corrected chi connectivity index (χ3v) is 2.32. The summed E-state index contributed by atoms with van der Waals surface area (Å²) in [4.78, 5) is 13.3. The Morgan fingerprint density at radius 2 is 1.78 bits per heavy atom. The van der Waals surface area contributed by atoms with Crippen LogP contribution in [0.2, 0.25) is 0 Å². The first-order chi connectivity index (χ1) is 8.22. The molecule has 5 nitrogen and oxygen atoms in total. The van der Waals surface area contributed by atoms with Gasteiger partial charge in [-0.2, -0.15) is 0 Å². The maximum absolute atomic E-state index is 11.9. The minimum atomic E-state index is -0.889. The zero-order valence-corrected chi connectivity index (χ0v) is 11.3. The fraction of sp³-hybridized carbons (Fsp3) is 0.615. The second kappa shape index (κ2) is 7.18. The van der Waals surface area contributed by atoms with Crippen LogP contribution in [0.15, 0.2) is 25.3 Å². The number of carbonyl (C=O) groups is 1. The van der Waals surface area contributed by atoms with Crippen molar-refractivity contribution in [1.29, 1.82) is 0 Å². The Kier molecular flexibility index (Phi) is 6.65. The number of nitrogens with zero attached hydrogens (tertiary/aromatic N) is 1. The minimum absolute atomic E-state index is 0.0933. The molecule has 0 aliphatic rings. The molecule has 0 bridgehead atoms. The summed E-state index contributed by atoms with van der Waals surface area (Å²) in [5, 5.41) is 18.8. The third kappa shape index (κ3) is 5.84. The Labute approximate surface area is 108 Å². The Morgan fingerprint density at radius 1 is 1.28 bits per heavy atom. The van der Waals surface area contributed by atoms with E-state index in [9.17, 15) is 15.0 Å². The summed E-state index contributed by atoms with van der Waals surface area (Å²) in [6, 6.07) is 0. The Balaban J connectivity index is 4.61. The smallest absolute Gasteiger partial charge is 0.410 e. The molecular formula is C13H23NO4. The lowest BCUT2D eigenvalue weighted by Crippen LogP contribution is -2.49. The van der Waals surface area contributed by atoms with Crippen LogP contribution in [-0.4, -0.2) is 52.1 Å². The van der Waals surface area contributed by atoms with Crippen molar-refractivity contribution in [3.05, 3.63) is 25.3 Å². The highest BCUT2D eigenvalue weighted by molar-refractivity contribution is 5.68. The van der Waals surface area contributed by atoms with Gasteiger partial charge in [-0.3, -0.25) is 0 Å². The molecular weight excluding hydrogens is 234 g/mol. The summed E-state index contributed by atoms with van der Waals surface area (Å²) >= 11 is 0. The van der Waals surface area contributed by atoms with Crippen LogP contribution < -0.4 is 0 Å². The van der Waals surface area contributed by atoms with Gasteiger partial charge in [-0.25, -0.2) is 4.79 Å². The Bertz CT molecular complexity index is 296. The van der Waals surface area contributed by atoms with Crippen molar-refractivity contribution < 1.29 is 19.7 Å². The molecule has 0 spiro atoms. The van der Waals surface area contributed by atoms with Crippen molar-refractivity contribution in [3.8, 4) is 0 Å². The van der Waals surface area contributed by atoms with Crippen LogP contribution in [0.4, 0.5) is 4.79 Å². The van der Waals surface area contributed by atoms with Crippen LogP contribution in [-0.2, 0) is 4.74 Å². The number of hydrogen-bond acceptors (Lipinski definition) is 4. The van der Waals surface area contributed by atoms with Crippen LogP contribution in [0.1, 0.15) is 20.8 Å². The van der Waals surface area contributed by atoms with Gasteiger partial charge < -0.3 is 19.8 Å². The molecule has 2 unspecified atom stereocenters. The van der Waals surface area contributed by atoms with Crippen LogP contribution >= 0.6 is 0 Å².